The van der Waals surface area contributed by atoms with Gasteiger partial charge in [-0.15, -0.1) is 0 Å². The molecule has 130 valence electrons. The van der Waals surface area contributed by atoms with E-state index in [4.69, 9.17) is 9.47 Å². The van der Waals surface area contributed by atoms with Crippen molar-refractivity contribution in [1.29, 1.82) is 0 Å². The van der Waals surface area contributed by atoms with E-state index in [1.165, 1.54) is 19.3 Å². The lowest BCUT2D eigenvalue weighted by atomic mass is 9.50. The van der Waals surface area contributed by atoms with Crippen LogP contribution >= 0.6 is 0 Å². The van der Waals surface area contributed by atoms with E-state index in [9.17, 15) is 9.59 Å². The number of ether oxygens (including phenoxy) is 2. The van der Waals surface area contributed by atoms with Crippen LogP contribution in [-0.4, -0.2) is 24.1 Å². The maximum Gasteiger partial charge on any atom is 0.344 e. The van der Waals surface area contributed by atoms with Crippen molar-refractivity contribution < 1.29 is 19.1 Å². The zero-order chi connectivity index (χ0) is 16.8. The van der Waals surface area contributed by atoms with Crippen LogP contribution in [0, 0.1) is 29.1 Å². The highest BCUT2D eigenvalue weighted by atomic mass is 16.6. The molecule has 0 spiro atoms. The van der Waals surface area contributed by atoms with Crippen molar-refractivity contribution in [3.05, 3.63) is 0 Å². The zero-order valence-electron chi connectivity index (χ0n) is 14.9. The largest absolute Gasteiger partial charge is 0.456 e. The molecule has 0 aromatic heterocycles. The highest BCUT2D eigenvalue weighted by Gasteiger charge is 2.57. The Morgan fingerprint density at radius 3 is 2.30 bits per heavy atom. The molecule has 3 atom stereocenters. The maximum absolute atomic E-state index is 12.3. The minimum atomic E-state index is -0.547. The lowest BCUT2D eigenvalue weighted by molar-refractivity contribution is -0.209. The van der Waals surface area contributed by atoms with Gasteiger partial charge in [0.25, 0.3) is 0 Å². The summed E-state index contributed by atoms with van der Waals surface area (Å²) in [5.41, 5.74) is -0.841. The predicted molar refractivity (Wildman–Crippen MR) is 86.6 cm³/mol. The quantitative estimate of drug-likeness (QED) is 0.724. The molecule has 0 heterocycles. The van der Waals surface area contributed by atoms with E-state index in [1.54, 1.807) is 0 Å². The first kappa shape index (κ1) is 16.8. The van der Waals surface area contributed by atoms with Gasteiger partial charge >= 0.3 is 11.9 Å². The Bertz CT molecular complexity index is 482. The van der Waals surface area contributed by atoms with Crippen LogP contribution < -0.4 is 0 Å². The van der Waals surface area contributed by atoms with Crippen LogP contribution in [0.25, 0.3) is 0 Å². The third-order valence-corrected chi connectivity index (χ3v) is 6.82. The van der Waals surface area contributed by atoms with E-state index in [2.05, 4.69) is 6.92 Å². The Morgan fingerprint density at radius 1 is 1.13 bits per heavy atom. The molecule has 4 heteroatoms. The van der Waals surface area contributed by atoms with Gasteiger partial charge in [-0.05, 0) is 76.0 Å². The lowest BCUT2D eigenvalue weighted by Crippen LogP contribution is -2.58. The first-order chi connectivity index (χ1) is 10.8. The average Bonchev–Trinajstić information content (AvgIpc) is 2.49. The van der Waals surface area contributed by atoms with E-state index >= 15 is 0 Å². The van der Waals surface area contributed by atoms with Crippen molar-refractivity contribution in [2.75, 3.05) is 6.61 Å². The molecular formula is C19H30O4. The first-order valence-corrected chi connectivity index (χ1v) is 9.15. The molecule has 0 radical (unpaired) electrons. The molecule has 4 saturated carbocycles. The molecule has 4 aliphatic carbocycles. The third-order valence-electron chi connectivity index (χ3n) is 6.82. The number of esters is 2. The van der Waals surface area contributed by atoms with Gasteiger partial charge in [0.15, 0.2) is 6.61 Å². The molecule has 0 saturated heterocycles. The molecule has 4 fully saturated rings. The Morgan fingerprint density at radius 2 is 1.74 bits per heavy atom. The Balaban J connectivity index is 1.59. The highest BCUT2D eigenvalue weighted by molar-refractivity contribution is 5.80. The van der Waals surface area contributed by atoms with Crippen molar-refractivity contribution in [2.45, 2.75) is 71.8 Å². The van der Waals surface area contributed by atoms with Gasteiger partial charge in [0.05, 0.1) is 5.41 Å². The summed E-state index contributed by atoms with van der Waals surface area (Å²) >= 11 is 0. The smallest absolute Gasteiger partial charge is 0.344 e. The zero-order valence-corrected chi connectivity index (χ0v) is 14.9. The number of hydrogen-bond acceptors (Lipinski definition) is 4. The van der Waals surface area contributed by atoms with Gasteiger partial charge in [-0.25, -0.2) is 4.79 Å². The van der Waals surface area contributed by atoms with Crippen LogP contribution in [0.15, 0.2) is 0 Å². The van der Waals surface area contributed by atoms with Crippen LogP contribution in [0.5, 0.6) is 0 Å². The van der Waals surface area contributed by atoms with Crippen molar-refractivity contribution in [3.63, 3.8) is 0 Å². The van der Waals surface area contributed by atoms with E-state index in [1.807, 2.05) is 20.8 Å². The summed E-state index contributed by atoms with van der Waals surface area (Å²) in [6.45, 7) is 7.60. The minimum absolute atomic E-state index is 0.253. The summed E-state index contributed by atoms with van der Waals surface area (Å²) in [6, 6.07) is 0. The average molecular weight is 322 g/mol. The second kappa shape index (κ2) is 5.78. The molecule has 0 aromatic rings. The first-order valence-electron chi connectivity index (χ1n) is 9.15. The van der Waals surface area contributed by atoms with Gasteiger partial charge in [-0.1, -0.05) is 13.8 Å². The molecular weight excluding hydrogens is 292 g/mol. The summed E-state index contributed by atoms with van der Waals surface area (Å²) in [4.78, 5) is 24.3. The Kier molecular flexibility index (Phi) is 4.22. The van der Waals surface area contributed by atoms with Crippen molar-refractivity contribution in [3.8, 4) is 0 Å². The second-order valence-corrected chi connectivity index (χ2v) is 8.75. The van der Waals surface area contributed by atoms with Gasteiger partial charge in [-0.3, -0.25) is 4.79 Å². The van der Waals surface area contributed by atoms with Gasteiger partial charge < -0.3 is 9.47 Å². The number of hydrogen-bond donors (Lipinski definition) is 0. The van der Waals surface area contributed by atoms with Gasteiger partial charge in [0, 0.05) is 0 Å². The molecule has 0 N–H and O–H groups in total. The molecule has 4 aliphatic rings. The molecule has 4 nitrogen and oxygen atoms in total. The van der Waals surface area contributed by atoms with Gasteiger partial charge in [0.1, 0.15) is 5.60 Å². The van der Waals surface area contributed by atoms with Crippen LogP contribution in [0.2, 0.25) is 0 Å². The monoisotopic (exact) mass is 322 g/mol. The van der Waals surface area contributed by atoms with Gasteiger partial charge in [0.2, 0.25) is 0 Å². The van der Waals surface area contributed by atoms with Crippen molar-refractivity contribution >= 4 is 11.9 Å². The molecule has 4 bridgehead atoms. The molecule has 0 aromatic carbocycles. The lowest BCUT2D eigenvalue weighted by Gasteiger charge is -2.59. The summed E-state index contributed by atoms with van der Waals surface area (Å²) < 4.78 is 11.1. The van der Waals surface area contributed by atoms with Crippen molar-refractivity contribution in [2.24, 2.45) is 29.1 Å². The molecule has 0 aliphatic heterocycles. The Labute approximate surface area is 139 Å². The SMILES string of the molecule is CCC(C)(C)C(=O)OCC(=O)OC12CC3CC(CC(C3)C1C)C2. The van der Waals surface area contributed by atoms with Crippen molar-refractivity contribution in [1.82, 2.24) is 0 Å². The maximum atomic E-state index is 12.3. The standard InChI is InChI=1S/C19H30O4/c1-5-18(3,4)17(21)22-11-16(20)23-19-9-13-6-14(10-19)8-15(7-13)12(19)2/h12-15H,5-11H2,1-4H3. The molecule has 3 unspecified atom stereocenters. The number of rotatable bonds is 5. The topological polar surface area (TPSA) is 52.6 Å². The molecule has 4 rings (SSSR count). The predicted octanol–water partition coefficient (Wildman–Crippen LogP) is 3.72. The fourth-order valence-electron chi connectivity index (χ4n) is 5.12. The minimum Gasteiger partial charge on any atom is -0.456 e. The third kappa shape index (κ3) is 3.01. The summed E-state index contributed by atoms with van der Waals surface area (Å²) in [5.74, 6) is 1.88. The number of carbonyl (C=O) groups excluding carboxylic acids is 2. The van der Waals surface area contributed by atoms with E-state index < -0.39 is 5.41 Å². The van der Waals surface area contributed by atoms with Crippen LogP contribution in [0.4, 0.5) is 0 Å². The Hall–Kier alpha value is -1.06. The fraction of sp³-hybridized carbons (Fsp3) is 0.895. The molecule has 23 heavy (non-hydrogen) atoms. The van der Waals surface area contributed by atoms with Crippen LogP contribution in [0.3, 0.4) is 0 Å². The van der Waals surface area contributed by atoms with E-state index in [-0.39, 0.29) is 24.1 Å². The van der Waals surface area contributed by atoms with E-state index in [0.717, 1.165) is 24.7 Å². The van der Waals surface area contributed by atoms with Crippen LogP contribution in [0.1, 0.15) is 66.2 Å². The summed E-state index contributed by atoms with van der Waals surface area (Å²) in [6.07, 6.45) is 6.60. The fourth-order valence-corrected chi connectivity index (χ4v) is 5.12. The van der Waals surface area contributed by atoms with E-state index in [0.29, 0.717) is 18.3 Å². The summed E-state index contributed by atoms with van der Waals surface area (Å²) in [7, 11) is 0. The van der Waals surface area contributed by atoms with Crippen LogP contribution in [-0.2, 0) is 19.1 Å². The highest BCUT2D eigenvalue weighted by Crippen LogP contribution is 2.59. The van der Waals surface area contributed by atoms with Gasteiger partial charge in [-0.2, -0.15) is 0 Å². The second-order valence-electron chi connectivity index (χ2n) is 8.75. The summed E-state index contributed by atoms with van der Waals surface area (Å²) in [5, 5.41) is 0. The normalized spacial score (nSPS) is 38.4. The number of carbonyl (C=O) groups is 2. The molecule has 0 amide bonds.